The van der Waals surface area contributed by atoms with E-state index in [0.29, 0.717) is 16.9 Å². The van der Waals surface area contributed by atoms with Gasteiger partial charge in [-0.25, -0.2) is 0 Å². The maximum atomic E-state index is 12.8. The molecule has 5 heteroatoms. The number of nitrogens with two attached hydrogens (primary N) is 2. The fourth-order valence-corrected chi connectivity index (χ4v) is 16.1. The third-order valence-electron chi connectivity index (χ3n) is 4.48. The standard InChI is InChI=1S/C7H8N2O2.3C4H9.Sn/c8-5-1-4(7(10)11)2-6(9)3-5;3*1-3-4-2;/h1-3H,8-9H2,(H,10,11);3*1,3-4H2,2H3;/q;;;;+1/p-1. The summed E-state index contributed by atoms with van der Waals surface area (Å²) in [5, 5.41) is 0. The zero-order chi connectivity index (χ0) is 18.0. The maximum absolute atomic E-state index is 12.8. The Hall–Kier alpha value is -0.911. The van der Waals surface area contributed by atoms with E-state index in [1.165, 1.54) is 0 Å². The number of unbranched alkanes of at least 4 members (excludes halogenated alkanes) is 3. The van der Waals surface area contributed by atoms with Crippen molar-refractivity contribution in [3.8, 4) is 0 Å². The van der Waals surface area contributed by atoms with Crippen LogP contribution in [0.5, 0.6) is 0 Å². The van der Waals surface area contributed by atoms with E-state index >= 15 is 0 Å². The van der Waals surface area contributed by atoms with Gasteiger partial charge in [-0.05, 0) is 0 Å². The number of hydrogen-bond acceptors (Lipinski definition) is 4. The molecule has 0 aliphatic rings. The molecule has 4 nitrogen and oxygen atoms in total. The molecule has 0 aliphatic carbocycles. The number of nitrogen functional groups attached to an aromatic ring is 2. The quantitative estimate of drug-likeness (QED) is 0.358. The van der Waals surface area contributed by atoms with Crippen molar-refractivity contribution in [3.63, 3.8) is 0 Å². The van der Waals surface area contributed by atoms with Crippen LogP contribution in [-0.2, 0) is 3.07 Å². The van der Waals surface area contributed by atoms with E-state index in [0.717, 1.165) is 51.8 Å². The van der Waals surface area contributed by atoms with Gasteiger partial charge in [0.15, 0.2) is 0 Å². The van der Waals surface area contributed by atoms with Crippen molar-refractivity contribution in [1.29, 1.82) is 0 Å². The molecule has 0 bridgehead atoms. The Morgan fingerprint density at radius 2 is 1.29 bits per heavy atom. The van der Waals surface area contributed by atoms with Crippen LogP contribution in [0, 0.1) is 0 Å². The molecular formula is C19H34N2O2Sn. The van der Waals surface area contributed by atoms with Crippen LogP contribution < -0.4 is 11.5 Å². The summed E-state index contributed by atoms with van der Waals surface area (Å²) in [6.07, 6.45) is 6.95. The van der Waals surface area contributed by atoms with E-state index in [9.17, 15) is 4.79 Å². The van der Waals surface area contributed by atoms with Crippen molar-refractivity contribution < 1.29 is 7.87 Å². The van der Waals surface area contributed by atoms with E-state index < -0.39 is 18.8 Å². The number of anilines is 2. The Kier molecular flexibility index (Phi) is 9.55. The van der Waals surface area contributed by atoms with Crippen LogP contribution in [0.4, 0.5) is 11.4 Å². The van der Waals surface area contributed by atoms with E-state index in [4.69, 9.17) is 14.5 Å². The number of rotatable bonds is 11. The summed E-state index contributed by atoms with van der Waals surface area (Å²) in [6, 6.07) is 5.02. The van der Waals surface area contributed by atoms with Gasteiger partial charge < -0.3 is 0 Å². The summed E-state index contributed by atoms with van der Waals surface area (Å²) in [7, 11) is 0. The summed E-state index contributed by atoms with van der Waals surface area (Å²) in [5.41, 5.74) is 13.2. The van der Waals surface area contributed by atoms with Gasteiger partial charge in [-0.2, -0.15) is 0 Å². The molecule has 0 radical (unpaired) electrons. The molecule has 0 heterocycles. The Balaban J connectivity index is 2.99. The van der Waals surface area contributed by atoms with Crippen molar-refractivity contribution in [3.05, 3.63) is 23.8 Å². The zero-order valence-corrected chi connectivity index (χ0v) is 18.4. The first-order valence-electron chi connectivity index (χ1n) is 9.35. The second-order valence-electron chi connectivity index (χ2n) is 6.77. The Labute approximate surface area is 151 Å². The molecule has 0 atom stereocenters. The van der Waals surface area contributed by atoms with E-state index in [1.54, 1.807) is 18.2 Å². The number of hydrogen-bond donors (Lipinski definition) is 2. The second kappa shape index (κ2) is 10.9. The van der Waals surface area contributed by atoms with Crippen LogP contribution in [-0.4, -0.2) is 24.8 Å². The minimum atomic E-state index is -2.94. The molecule has 0 aliphatic heterocycles. The van der Waals surface area contributed by atoms with Crippen molar-refractivity contribution in [2.24, 2.45) is 0 Å². The van der Waals surface area contributed by atoms with Gasteiger partial charge in [-0.1, -0.05) is 0 Å². The average molecular weight is 441 g/mol. The molecule has 0 saturated heterocycles. The molecule has 4 N–H and O–H groups in total. The molecule has 0 spiro atoms. The zero-order valence-electron chi connectivity index (χ0n) is 15.6. The molecule has 0 amide bonds. The Bertz CT molecular complexity index is 478. The molecule has 1 aromatic carbocycles. The molecule has 1 aromatic rings. The van der Waals surface area contributed by atoms with Gasteiger partial charge in [0.2, 0.25) is 0 Å². The van der Waals surface area contributed by atoms with Gasteiger partial charge in [0.1, 0.15) is 0 Å². The molecule has 1 rings (SSSR count). The van der Waals surface area contributed by atoms with Crippen LogP contribution in [0.15, 0.2) is 18.2 Å². The SMILES string of the molecule is CCC[CH2][Sn]([CH2]CCC)([CH2]CCC)[O]C(=O)c1cc(N)cc(N)c1. The van der Waals surface area contributed by atoms with Crippen molar-refractivity contribution in [2.75, 3.05) is 11.5 Å². The van der Waals surface area contributed by atoms with Crippen LogP contribution in [0.2, 0.25) is 13.3 Å². The van der Waals surface area contributed by atoms with Gasteiger partial charge in [-0.3, -0.25) is 0 Å². The van der Waals surface area contributed by atoms with E-state index in [1.807, 2.05) is 0 Å². The molecule has 0 aromatic heterocycles. The summed E-state index contributed by atoms with van der Waals surface area (Å²) in [6.45, 7) is 6.62. The van der Waals surface area contributed by atoms with Gasteiger partial charge in [0, 0.05) is 0 Å². The fraction of sp³-hybridized carbons (Fsp3) is 0.632. The van der Waals surface area contributed by atoms with Gasteiger partial charge in [0.05, 0.1) is 0 Å². The fourth-order valence-electron chi connectivity index (χ4n) is 3.07. The summed E-state index contributed by atoms with van der Waals surface area (Å²) in [4.78, 5) is 12.8. The minimum absolute atomic E-state index is 0.215. The van der Waals surface area contributed by atoms with Gasteiger partial charge >= 0.3 is 152 Å². The first-order valence-corrected chi connectivity index (χ1v) is 16.6. The summed E-state index contributed by atoms with van der Waals surface area (Å²) >= 11 is -2.94. The average Bonchev–Trinajstić information content (AvgIpc) is 2.55. The summed E-state index contributed by atoms with van der Waals surface area (Å²) in [5.74, 6) is -0.215. The van der Waals surface area contributed by atoms with Gasteiger partial charge in [-0.15, -0.1) is 0 Å². The topological polar surface area (TPSA) is 78.3 Å². The van der Waals surface area contributed by atoms with Crippen LogP contribution in [0.25, 0.3) is 0 Å². The van der Waals surface area contributed by atoms with Gasteiger partial charge in [0.25, 0.3) is 0 Å². The first-order chi connectivity index (χ1) is 11.5. The third-order valence-corrected chi connectivity index (χ3v) is 17.1. The second-order valence-corrected chi connectivity index (χ2v) is 18.4. The molecule has 0 saturated carbocycles. The number of benzene rings is 1. The first kappa shape index (κ1) is 21.1. The Morgan fingerprint density at radius 3 is 1.67 bits per heavy atom. The predicted molar refractivity (Wildman–Crippen MR) is 106 cm³/mol. The predicted octanol–water partition coefficient (Wildman–Crippen LogP) is 5.35. The molecule has 24 heavy (non-hydrogen) atoms. The van der Waals surface area contributed by atoms with Crippen LogP contribution in [0.1, 0.15) is 69.7 Å². The van der Waals surface area contributed by atoms with Crippen LogP contribution in [0.3, 0.4) is 0 Å². The molecule has 136 valence electrons. The number of carbonyl (C=O) groups excluding carboxylic acids is 1. The Morgan fingerprint density at radius 1 is 0.875 bits per heavy atom. The van der Waals surface area contributed by atoms with Crippen molar-refractivity contribution in [2.45, 2.75) is 72.6 Å². The normalized spacial score (nSPS) is 11.5. The van der Waals surface area contributed by atoms with Crippen molar-refractivity contribution in [1.82, 2.24) is 0 Å². The van der Waals surface area contributed by atoms with E-state index in [2.05, 4.69) is 20.8 Å². The molecule has 0 unspecified atom stereocenters. The molecule has 0 fully saturated rings. The monoisotopic (exact) mass is 442 g/mol. The number of carbonyl (C=O) groups is 1. The van der Waals surface area contributed by atoms with Crippen LogP contribution >= 0.6 is 0 Å². The molecular weight excluding hydrogens is 407 g/mol. The van der Waals surface area contributed by atoms with E-state index in [-0.39, 0.29) is 5.97 Å². The summed E-state index contributed by atoms with van der Waals surface area (Å²) < 4.78 is 9.70. The third kappa shape index (κ3) is 6.91. The van der Waals surface area contributed by atoms with Crippen molar-refractivity contribution >= 4 is 36.1 Å².